The maximum Gasteiger partial charge on any atom is 0.315 e. The number of nitrogens with zero attached hydrogens (tertiary/aromatic N) is 1. The van der Waals surface area contributed by atoms with Gasteiger partial charge in [0.1, 0.15) is 0 Å². The van der Waals surface area contributed by atoms with E-state index in [4.69, 9.17) is 28.9 Å². The molecule has 2 saturated heterocycles. The first kappa shape index (κ1) is 10.4. The van der Waals surface area contributed by atoms with Crippen LogP contribution in [0.2, 0.25) is 0 Å². The monoisotopic (exact) mass is 236 g/mol. The van der Waals surface area contributed by atoms with Crippen LogP contribution in [0.5, 0.6) is 0 Å². The van der Waals surface area contributed by atoms with Gasteiger partial charge in [0.15, 0.2) is 0 Å². The third kappa shape index (κ3) is 1.57. The largest absolute Gasteiger partial charge is 0.351 e. The minimum Gasteiger partial charge on any atom is -0.351 e. The quantitative estimate of drug-likeness (QED) is 0.642. The zero-order chi connectivity index (χ0) is 10.3. The van der Waals surface area contributed by atoms with Crippen molar-refractivity contribution < 1.29 is 4.79 Å². The highest BCUT2D eigenvalue weighted by Crippen LogP contribution is 2.38. The zero-order valence-corrected chi connectivity index (χ0v) is 9.34. The maximum atomic E-state index is 11.3. The second kappa shape index (κ2) is 3.78. The molecule has 3 nitrogen and oxygen atoms in total. The first-order valence-corrected chi connectivity index (χ1v) is 5.84. The van der Waals surface area contributed by atoms with Crippen molar-refractivity contribution in [1.29, 1.82) is 0 Å². The average molecular weight is 237 g/mol. The molecule has 5 heteroatoms. The number of carbonyl (C=O) groups excluding carboxylic acids is 1. The second-order valence-electron chi connectivity index (χ2n) is 4.07. The summed E-state index contributed by atoms with van der Waals surface area (Å²) in [6.45, 7) is 0. The second-order valence-corrected chi connectivity index (χ2v) is 5.19. The van der Waals surface area contributed by atoms with Gasteiger partial charge in [0.25, 0.3) is 0 Å². The number of urea groups is 1. The van der Waals surface area contributed by atoms with Crippen molar-refractivity contribution in [2.75, 3.05) is 0 Å². The van der Waals surface area contributed by atoms with E-state index in [0.717, 1.165) is 25.7 Å². The number of rotatable bonds is 0. The predicted octanol–water partition coefficient (Wildman–Crippen LogP) is 1.91. The molecule has 0 aromatic rings. The number of primary amides is 1. The van der Waals surface area contributed by atoms with E-state index in [1.54, 1.807) is 4.90 Å². The van der Waals surface area contributed by atoms with Crippen molar-refractivity contribution in [3.63, 3.8) is 0 Å². The molecule has 4 atom stereocenters. The normalized spacial score (nSPS) is 42.3. The Kier molecular flexibility index (Phi) is 2.80. The highest BCUT2D eigenvalue weighted by Gasteiger charge is 2.45. The Morgan fingerprint density at radius 3 is 1.86 bits per heavy atom. The first-order chi connectivity index (χ1) is 6.61. The van der Waals surface area contributed by atoms with Crippen molar-refractivity contribution in [3.05, 3.63) is 0 Å². The molecule has 2 N–H and O–H groups in total. The maximum absolute atomic E-state index is 11.3. The number of halogens is 2. The topological polar surface area (TPSA) is 46.3 Å². The molecular weight excluding hydrogens is 223 g/mol. The number of carbonyl (C=O) groups is 1. The first-order valence-electron chi connectivity index (χ1n) is 4.97. The molecule has 2 heterocycles. The van der Waals surface area contributed by atoms with Gasteiger partial charge in [-0.3, -0.25) is 0 Å². The Morgan fingerprint density at radius 1 is 1.07 bits per heavy atom. The summed E-state index contributed by atoms with van der Waals surface area (Å²) in [7, 11) is 0. The molecule has 0 saturated carbocycles. The van der Waals surface area contributed by atoms with Crippen LogP contribution in [0.1, 0.15) is 25.7 Å². The molecular formula is C9H14Cl2N2O. The molecule has 0 spiro atoms. The predicted molar refractivity (Wildman–Crippen MR) is 56.7 cm³/mol. The van der Waals surface area contributed by atoms with E-state index in [1.807, 2.05) is 0 Å². The van der Waals surface area contributed by atoms with Gasteiger partial charge in [0.2, 0.25) is 0 Å². The smallest absolute Gasteiger partial charge is 0.315 e. The van der Waals surface area contributed by atoms with Crippen LogP contribution in [0.3, 0.4) is 0 Å². The summed E-state index contributed by atoms with van der Waals surface area (Å²) in [5, 5.41) is 0.0208. The minimum atomic E-state index is -0.379. The Morgan fingerprint density at radius 2 is 1.50 bits per heavy atom. The molecule has 2 bridgehead atoms. The van der Waals surface area contributed by atoms with Crippen molar-refractivity contribution in [2.45, 2.75) is 48.5 Å². The molecule has 0 unspecified atom stereocenters. The summed E-state index contributed by atoms with van der Waals surface area (Å²) in [5.74, 6) is 0. The summed E-state index contributed by atoms with van der Waals surface area (Å²) < 4.78 is 0. The number of alkyl halides is 2. The highest BCUT2D eigenvalue weighted by atomic mass is 35.5. The Labute approximate surface area is 93.5 Å². The van der Waals surface area contributed by atoms with Gasteiger partial charge in [-0.1, -0.05) is 0 Å². The fourth-order valence-electron chi connectivity index (χ4n) is 2.61. The molecule has 0 aliphatic carbocycles. The van der Waals surface area contributed by atoms with E-state index in [0.29, 0.717) is 0 Å². The lowest BCUT2D eigenvalue weighted by Gasteiger charge is -2.29. The molecule has 0 aromatic carbocycles. The van der Waals surface area contributed by atoms with Crippen LogP contribution < -0.4 is 5.73 Å². The molecule has 0 radical (unpaired) electrons. The molecule has 2 aliphatic heterocycles. The van der Waals surface area contributed by atoms with Crippen LogP contribution in [0.25, 0.3) is 0 Å². The van der Waals surface area contributed by atoms with Gasteiger partial charge in [-0.05, 0) is 25.7 Å². The third-order valence-corrected chi connectivity index (χ3v) is 4.30. The zero-order valence-electron chi connectivity index (χ0n) is 7.83. The van der Waals surface area contributed by atoms with E-state index >= 15 is 0 Å². The molecule has 0 aromatic heterocycles. The Hall–Kier alpha value is -0.150. The summed E-state index contributed by atoms with van der Waals surface area (Å²) in [4.78, 5) is 13.0. The standard InChI is InChI=1S/C9H14Cl2N2O/c10-5-1-2-6(11)8-4-3-7(5)13(8)9(12)14/h5-8H,1-4H2,(H2,12,14)/t5-,6+,7-,8+. The lowest BCUT2D eigenvalue weighted by molar-refractivity contribution is 0.184. The number of nitrogens with two attached hydrogens (primary N) is 1. The van der Waals surface area contributed by atoms with Crippen molar-refractivity contribution in [1.82, 2.24) is 4.90 Å². The average Bonchev–Trinajstić information content (AvgIpc) is 2.52. The molecule has 2 aliphatic rings. The van der Waals surface area contributed by atoms with Gasteiger partial charge in [-0.25, -0.2) is 4.79 Å². The highest BCUT2D eigenvalue weighted by molar-refractivity contribution is 6.22. The lowest BCUT2D eigenvalue weighted by atomic mass is 10.0. The lowest BCUT2D eigenvalue weighted by Crippen LogP contribution is -2.48. The van der Waals surface area contributed by atoms with E-state index in [-0.39, 0.29) is 28.9 Å². The number of fused-ring (bicyclic) bond motifs is 2. The van der Waals surface area contributed by atoms with Crippen LogP contribution in [0.15, 0.2) is 0 Å². The van der Waals surface area contributed by atoms with Crippen LogP contribution >= 0.6 is 23.2 Å². The van der Waals surface area contributed by atoms with Crippen molar-refractivity contribution >= 4 is 29.2 Å². The summed E-state index contributed by atoms with van der Waals surface area (Å²) in [5.41, 5.74) is 5.35. The molecule has 2 rings (SSSR count). The Bertz CT molecular complexity index is 231. The van der Waals surface area contributed by atoms with E-state index in [2.05, 4.69) is 0 Å². The van der Waals surface area contributed by atoms with E-state index < -0.39 is 0 Å². The van der Waals surface area contributed by atoms with E-state index in [1.165, 1.54) is 0 Å². The van der Waals surface area contributed by atoms with Gasteiger partial charge in [0, 0.05) is 0 Å². The van der Waals surface area contributed by atoms with Crippen molar-refractivity contribution in [3.8, 4) is 0 Å². The minimum absolute atomic E-state index is 0.0104. The fourth-order valence-corrected chi connectivity index (χ4v) is 3.35. The molecule has 2 amide bonds. The summed E-state index contributed by atoms with van der Waals surface area (Å²) >= 11 is 12.4. The van der Waals surface area contributed by atoms with Crippen LogP contribution in [-0.4, -0.2) is 33.8 Å². The van der Waals surface area contributed by atoms with E-state index in [9.17, 15) is 4.79 Å². The van der Waals surface area contributed by atoms with Crippen molar-refractivity contribution in [2.24, 2.45) is 5.73 Å². The summed E-state index contributed by atoms with van der Waals surface area (Å²) in [6, 6.07) is -0.179. The number of hydrogen-bond donors (Lipinski definition) is 1. The van der Waals surface area contributed by atoms with Crippen LogP contribution in [-0.2, 0) is 0 Å². The van der Waals surface area contributed by atoms with Gasteiger partial charge in [0.05, 0.1) is 22.8 Å². The molecule has 80 valence electrons. The van der Waals surface area contributed by atoms with Crippen LogP contribution in [0, 0.1) is 0 Å². The number of amides is 2. The fraction of sp³-hybridized carbons (Fsp3) is 0.889. The molecule has 14 heavy (non-hydrogen) atoms. The molecule has 2 fully saturated rings. The van der Waals surface area contributed by atoms with Gasteiger partial charge in [-0.15, -0.1) is 23.2 Å². The van der Waals surface area contributed by atoms with Crippen LogP contribution in [0.4, 0.5) is 4.79 Å². The SMILES string of the molecule is NC(=O)N1[C@@H]2CC[C@H]1[C@@H](Cl)CC[C@H]2Cl. The summed E-state index contributed by atoms with van der Waals surface area (Å²) in [6.07, 6.45) is 3.62. The third-order valence-electron chi connectivity index (χ3n) is 3.28. The van der Waals surface area contributed by atoms with Gasteiger partial charge < -0.3 is 10.6 Å². The number of hydrogen-bond acceptors (Lipinski definition) is 1. The van der Waals surface area contributed by atoms with Gasteiger partial charge in [-0.2, -0.15) is 0 Å². The Balaban J connectivity index is 2.25. The van der Waals surface area contributed by atoms with Gasteiger partial charge >= 0.3 is 6.03 Å².